The van der Waals surface area contributed by atoms with E-state index in [0.29, 0.717) is 23.6 Å². The van der Waals surface area contributed by atoms with Crippen LogP contribution in [0.25, 0.3) is 11.3 Å². The molecule has 1 aromatic carbocycles. The Morgan fingerprint density at radius 1 is 1.23 bits per heavy atom. The Hall–Kier alpha value is -1.59. The highest BCUT2D eigenvalue weighted by Gasteiger charge is 2.39. The molecule has 0 aliphatic carbocycles. The Labute approximate surface area is 137 Å². The smallest absolute Gasteiger partial charge is 0.287 e. The molecule has 0 unspecified atom stereocenters. The highest BCUT2D eigenvalue weighted by molar-refractivity contribution is 9.10. The molecule has 2 fully saturated rings. The van der Waals surface area contributed by atoms with Crippen molar-refractivity contribution in [1.29, 1.82) is 0 Å². The molecule has 22 heavy (non-hydrogen) atoms. The van der Waals surface area contributed by atoms with Crippen LogP contribution in [0.5, 0.6) is 0 Å². The summed E-state index contributed by atoms with van der Waals surface area (Å²) in [5.74, 6) is 0.940. The lowest BCUT2D eigenvalue weighted by Crippen LogP contribution is -2.42. The standard InChI is InChI=1S/C17H17BrN2O2/c18-12-4-2-1-3-11(12)15-7-8-16(22-15)17(21)20-14-9-10-5-6-13(14)19-10/h1-4,7-8,10,13-14,19H,5-6,9H2,(H,20,21)/t10-,13+,14-/m1/s1. The number of furan rings is 1. The summed E-state index contributed by atoms with van der Waals surface area (Å²) < 4.78 is 6.69. The quantitative estimate of drug-likeness (QED) is 0.882. The molecule has 0 radical (unpaired) electrons. The summed E-state index contributed by atoms with van der Waals surface area (Å²) >= 11 is 3.50. The molecule has 0 saturated carbocycles. The molecule has 2 saturated heterocycles. The van der Waals surface area contributed by atoms with Crippen molar-refractivity contribution >= 4 is 21.8 Å². The number of halogens is 1. The van der Waals surface area contributed by atoms with Crippen LogP contribution >= 0.6 is 15.9 Å². The molecular formula is C17H17BrN2O2. The van der Waals surface area contributed by atoms with Crippen molar-refractivity contribution in [2.24, 2.45) is 0 Å². The van der Waals surface area contributed by atoms with Crippen LogP contribution in [0.4, 0.5) is 0 Å². The number of nitrogens with one attached hydrogen (secondary N) is 2. The maximum absolute atomic E-state index is 12.4. The third-order valence-corrected chi connectivity index (χ3v) is 5.28. The predicted molar refractivity (Wildman–Crippen MR) is 87.7 cm³/mol. The van der Waals surface area contributed by atoms with Crippen LogP contribution in [0.2, 0.25) is 0 Å². The average Bonchev–Trinajstić information content (AvgIpc) is 3.24. The molecule has 3 atom stereocenters. The van der Waals surface area contributed by atoms with E-state index >= 15 is 0 Å². The van der Waals surface area contributed by atoms with Crippen molar-refractivity contribution in [2.75, 3.05) is 0 Å². The van der Waals surface area contributed by atoms with E-state index in [-0.39, 0.29) is 11.9 Å². The molecule has 2 N–H and O–H groups in total. The molecule has 114 valence electrons. The first-order chi connectivity index (χ1) is 10.7. The van der Waals surface area contributed by atoms with Crippen LogP contribution in [0.15, 0.2) is 45.3 Å². The van der Waals surface area contributed by atoms with Gasteiger partial charge in [-0.15, -0.1) is 0 Å². The Kier molecular flexibility index (Phi) is 3.54. The molecule has 4 nitrogen and oxygen atoms in total. The van der Waals surface area contributed by atoms with Gasteiger partial charge in [-0.25, -0.2) is 0 Å². The summed E-state index contributed by atoms with van der Waals surface area (Å²) in [6, 6.07) is 12.6. The highest BCUT2D eigenvalue weighted by atomic mass is 79.9. The van der Waals surface area contributed by atoms with Crippen LogP contribution in [-0.2, 0) is 0 Å². The second kappa shape index (κ2) is 5.56. The van der Waals surface area contributed by atoms with Gasteiger partial charge < -0.3 is 15.1 Å². The molecular weight excluding hydrogens is 344 g/mol. The van der Waals surface area contributed by atoms with E-state index in [1.54, 1.807) is 6.07 Å². The lowest BCUT2D eigenvalue weighted by atomic mass is 9.95. The van der Waals surface area contributed by atoms with Crippen LogP contribution in [-0.4, -0.2) is 24.0 Å². The number of hydrogen-bond acceptors (Lipinski definition) is 3. The first-order valence-corrected chi connectivity index (χ1v) is 8.41. The molecule has 2 bridgehead atoms. The van der Waals surface area contributed by atoms with Crippen molar-refractivity contribution in [3.8, 4) is 11.3 Å². The summed E-state index contributed by atoms with van der Waals surface area (Å²) in [6.45, 7) is 0. The average molecular weight is 361 g/mol. The summed E-state index contributed by atoms with van der Waals surface area (Å²) in [7, 11) is 0. The number of rotatable bonds is 3. The summed E-state index contributed by atoms with van der Waals surface area (Å²) in [5.41, 5.74) is 0.947. The largest absolute Gasteiger partial charge is 0.451 e. The van der Waals surface area contributed by atoms with E-state index in [1.807, 2.05) is 30.3 Å². The van der Waals surface area contributed by atoms with Crippen molar-refractivity contribution < 1.29 is 9.21 Å². The van der Waals surface area contributed by atoms with Gasteiger partial charge in [0.25, 0.3) is 5.91 Å². The highest BCUT2D eigenvalue weighted by Crippen LogP contribution is 2.30. The van der Waals surface area contributed by atoms with Gasteiger partial charge in [0.05, 0.1) is 0 Å². The van der Waals surface area contributed by atoms with E-state index in [4.69, 9.17) is 4.42 Å². The van der Waals surface area contributed by atoms with Gasteiger partial charge in [-0.2, -0.15) is 0 Å². The van der Waals surface area contributed by atoms with Gasteiger partial charge in [0.2, 0.25) is 0 Å². The van der Waals surface area contributed by atoms with Crippen LogP contribution in [0, 0.1) is 0 Å². The maximum atomic E-state index is 12.4. The Morgan fingerprint density at radius 3 is 2.82 bits per heavy atom. The van der Waals surface area contributed by atoms with Gasteiger partial charge in [-0.3, -0.25) is 4.79 Å². The molecule has 0 spiro atoms. The van der Waals surface area contributed by atoms with E-state index in [2.05, 4.69) is 26.6 Å². The fraction of sp³-hybridized carbons (Fsp3) is 0.353. The van der Waals surface area contributed by atoms with E-state index < -0.39 is 0 Å². The zero-order chi connectivity index (χ0) is 15.1. The predicted octanol–water partition coefficient (Wildman–Crippen LogP) is 3.33. The van der Waals surface area contributed by atoms with Gasteiger partial charge >= 0.3 is 0 Å². The minimum absolute atomic E-state index is 0.127. The van der Waals surface area contributed by atoms with E-state index in [0.717, 1.165) is 22.9 Å². The minimum atomic E-state index is -0.127. The van der Waals surface area contributed by atoms with Crippen LogP contribution in [0.1, 0.15) is 29.8 Å². The van der Waals surface area contributed by atoms with Gasteiger partial charge in [-0.1, -0.05) is 34.1 Å². The molecule has 4 rings (SSSR count). The van der Waals surface area contributed by atoms with Crippen molar-refractivity contribution in [2.45, 2.75) is 37.4 Å². The monoisotopic (exact) mass is 360 g/mol. The van der Waals surface area contributed by atoms with Gasteiger partial charge in [0, 0.05) is 28.2 Å². The second-order valence-electron chi connectivity index (χ2n) is 6.01. The third-order valence-electron chi connectivity index (χ3n) is 4.59. The van der Waals surface area contributed by atoms with Crippen LogP contribution < -0.4 is 10.6 Å². The molecule has 1 aromatic heterocycles. The Bertz CT molecular complexity index is 712. The number of carbonyl (C=O) groups is 1. The number of amides is 1. The SMILES string of the molecule is O=C(N[C@@H]1C[C@H]2CC[C@@H]1N2)c1ccc(-c2ccccc2Br)o1. The molecule has 1 amide bonds. The maximum Gasteiger partial charge on any atom is 0.287 e. The van der Waals surface area contributed by atoms with Crippen molar-refractivity contribution in [1.82, 2.24) is 10.6 Å². The molecule has 2 aliphatic rings. The number of fused-ring (bicyclic) bond motifs is 2. The molecule has 3 heterocycles. The van der Waals surface area contributed by atoms with Crippen LogP contribution in [0.3, 0.4) is 0 Å². The first-order valence-electron chi connectivity index (χ1n) is 7.62. The molecule has 2 aliphatic heterocycles. The summed E-state index contributed by atoms with van der Waals surface area (Å²) in [5, 5.41) is 6.62. The number of hydrogen-bond donors (Lipinski definition) is 2. The Morgan fingerprint density at radius 2 is 2.09 bits per heavy atom. The molecule has 2 aromatic rings. The molecule has 5 heteroatoms. The summed E-state index contributed by atoms with van der Waals surface area (Å²) in [6.07, 6.45) is 3.40. The summed E-state index contributed by atoms with van der Waals surface area (Å²) in [4.78, 5) is 12.4. The lowest BCUT2D eigenvalue weighted by Gasteiger charge is -2.20. The van der Waals surface area contributed by atoms with Gasteiger partial charge in [0.15, 0.2) is 5.76 Å². The fourth-order valence-corrected chi connectivity index (χ4v) is 3.97. The van der Waals surface area contributed by atoms with Gasteiger partial charge in [0.1, 0.15) is 5.76 Å². The number of carbonyl (C=O) groups excluding carboxylic acids is 1. The normalized spacial score (nSPS) is 26.3. The second-order valence-corrected chi connectivity index (χ2v) is 6.86. The zero-order valence-electron chi connectivity index (χ0n) is 12.0. The Balaban J connectivity index is 1.49. The first kappa shape index (κ1) is 14.0. The third kappa shape index (κ3) is 2.48. The topological polar surface area (TPSA) is 54.3 Å². The fourth-order valence-electron chi connectivity index (χ4n) is 3.49. The van der Waals surface area contributed by atoms with Crippen molar-refractivity contribution in [3.05, 3.63) is 46.6 Å². The minimum Gasteiger partial charge on any atom is -0.451 e. The van der Waals surface area contributed by atoms with E-state index in [9.17, 15) is 4.79 Å². The zero-order valence-corrected chi connectivity index (χ0v) is 13.6. The van der Waals surface area contributed by atoms with E-state index in [1.165, 1.54) is 6.42 Å². The lowest BCUT2D eigenvalue weighted by molar-refractivity contribution is 0.0903. The van der Waals surface area contributed by atoms with Crippen molar-refractivity contribution in [3.63, 3.8) is 0 Å². The van der Waals surface area contributed by atoms with Gasteiger partial charge in [-0.05, 0) is 37.5 Å². The number of benzene rings is 1.